The van der Waals surface area contributed by atoms with Crippen molar-refractivity contribution in [3.63, 3.8) is 0 Å². The third-order valence-electron chi connectivity index (χ3n) is 0.968. The summed E-state index contributed by atoms with van der Waals surface area (Å²) in [7, 11) is 1.59. The van der Waals surface area contributed by atoms with E-state index in [1.54, 1.807) is 20.2 Å². The van der Waals surface area contributed by atoms with Crippen molar-refractivity contribution in [3.8, 4) is 0 Å². The van der Waals surface area contributed by atoms with Crippen molar-refractivity contribution < 1.29 is 4.74 Å². The zero-order chi connectivity index (χ0) is 7.40. The van der Waals surface area contributed by atoms with Crippen LogP contribution >= 0.6 is 11.3 Å². The number of ether oxygens (including phenoxy) is 1. The molecule has 1 aromatic rings. The van der Waals surface area contributed by atoms with Gasteiger partial charge in [0.05, 0.1) is 7.11 Å². The van der Waals surface area contributed by atoms with Crippen molar-refractivity contribution in [2.45, 2.75) is 6.92 Å². The standard InChI is InChI=1S/C6H8N2OS/c1-5(9-2)8-6-7-3-4-10-6/h3-4H,1-2H3/b8-5+. The molecule has 1 rings (SSSR count). The number of hydrogen-bond acceptors (Lipinski definition) is 4. The van der Waals surface area contributed by atoms with Gasteiger partial charge in [0.15, 0.2) is 5.90 Å². The Balaban J connectivity index is 2.71. The summed E-state index contributed by atoms with van der Waals surface area (Å²) in [6.07, 6.45) is 1.71. The van der Waals surface area contributed by atoms with Gasteiger partial charge in [0.2, 0.25) is 5.13 Å². The number of aliphatic imine (C=N–C) groups is 1. The largest absolute Gasteiger partial charge is 0.484 e. The van der Waals surface area contributed by atoms with Crippen molar-refractivity contribution in [2.24, 2.45) is 4.99 Å². The van der Waals surface area contributed by atoms with E-state index in [1.807, 2.05) is 5.38 Å². The van der Waals surface area contributed by atoms with Crippen LogP contribution in [0.2, 0.25) is 0 Å². The lowest BCUT2D eigenvalue weighted by atomic mass is 10.8. The van der Waals surface area contributed by atoms with E-state index in [4.69, 9.17) is 4.74 Å². The summed E-state index contributed by atoms with van der Waals surface area (Å²) in [5, 5.41) is 2.61. The Morgan fingerprint density at radius 3 is 3.10 bits per heavy atom. The molecule has 1 heterocycles. The highest BCUT2D eigenvalue weighted by molar-refractivity contribution is 7.13. The maximum Gasteiger partial charge on any atom is 0.212 e. The van der Waals surface area contributed by atoms with E-state index in [9.17, 15) is 0 Å². The van der Waals surface area contributed by atoms with Crippen LogP contribution in [0.3, 0.4) is 0 Å². The summed E-state index contributed by atoms with van der Waals surface area (Å²) >= 11 is 1.49. The zero-order valence-corrected chi connectivity index (χ0v) is 6.68. The van der Waals surface area contributed by atoms with E-state index in [2.05, 4.69) is 9.98 Å². The third-order valence-corrected chi connectivity index (χ3v) is 1.63. The fourth-order valence-electron chi connectivity index (χ4n) is 0.451. The van der Waals surface area contributed by atoms with E-state index in [0.29, 0.717) is 5.90 Å². The van der Waals surface area contributed by atoms with Crippen LogP contribution in [0.25, 0.3) is 0 Å². The predicted octanol–water partition coefficient (Wildman–Crippen LogP) is 1.84. The monoisotopic (exact) mass is 156 g/mol. The smallest absolute Gasteiger partial charge is 0.212 e. The summed E-state index contributed by atoms with van der Waals surface area (Å²) in [4.78, 5) is 7.99. The molecule has 0 atom stereocenters. The number of nitrogens with zero attached hydrogens (tertiary/aromatic N) is 2. The minimum Gasteiger partial charge on any atom is -0.484 e. The molecule has 0 N–H and O–H groups in total. The summed E-state index contributed by atoms with van der Waals surface area (Å²) < 4.78 is 4.84. The minimum absolute atomic E-state index is 0.634. The molecule has 0 saturated carbocycles. The molecule has 0 unspecified atom stereocenters. The quantitative estimate of drug-likeness (QED) is 0.459. The molecule has 0 aliphatic carbocycles. The summed E-state index contributed by atoms with van der Waals surface area (Å²) in [6, 6.07) is 0. The van der Waals surface area contributed by atoms with Crippen molar-refractivity contribution >= 4 is 22.4 Å². The number of rotatable bonds is 1. The Hall–Kier alpha value is -0.900. The first-order valence-electron chi connectivity index (χ1n) is 2.81. The van der Waals surface area contributed by atoms with Gasteiger partial charge in [-0.2, -0.15) is 4.99 Å². The second-order valence-electron chi connectivity index (χ2n) is 1.65. The fourth-order valence-corrected chi connectivity index (χ4v) is 0.998. The Morgan fingerprint density at radius 2 is 2.60 bits per heavy atom. The van der Waals surface area contributed by atoms with Crippen molar-refractivity contribution in [2.75, 3.05) is 7.11 Å². The van der Waals surface area contributed by atoms with Crippen molar-refractivity contribution in [1.29, 1.82) is 0 Å². The lowest BCUT2D eigenvalue weighted by Gasteiger charge is -1.92. The minimum atomic E-state index is 0.634. The van der Waals surface area contributed by atoms with E-state index >= 15 is 0 Å². The fraction of sp³-hybridized carbons (Fsp3) is 0.333. The first-order valence-corrected chi connectivity index (χ1v) is 3.69. The van der Waals surface area contributed by atoms with E-state index in [-0.39, 0.29) is 0 Å². The first-order chi connectivity index (χ1) is 4.83. The number of aromatic nitrogens is 1. The highest BCUT2D eigenvalue weighted by atomic mass is 32.1. The molecular formula is C6H8N2OS. The van der Waals surface area contributed by atoms with Crippen LogP contribution in [0.4, 0.5) is 5.13 Å². The predicted molar refractivity (Wildman–Crippen MR) is 41.9 cm³/mol. The van der Waals surface area contributed by atoms with Gasteiger partial charge in [-0.3, -0.25) is 0 Å². The van der Waals surface area contributed by atoms with Crippen LogP contribution in [0.1, 0.15) is 6.92 Å². The van der Waals surface area contributed by atoms with Gasteiger partial charge in [-0.25, -0.2) is 4.98 Å². The van der Waals surface area contributed by atoms with Gasteiger partial charge in [0.25, 0.3) is 0 Å². The van der Waals surface area contributed by atoms with Gasteiger partial charge in [-0.15, -0.1) is 11.3 Å². The molecule has 10 heavy (non-hydrogen) atoms. The van der Waals surface area contributed by atoms with E-state index in [0.717, 1.165) is 5.13 Å². The Morgan fingerprint density at radius 1 is 1.80 bits per heavy atom. The van der Waals surface area contributed by atoms with Crippen LogP contribution in [-0.4, -0.2) is 18.0 Å². The first kappa shape index (κ1) is 7.21. The normalized spacial score (nSPS) is 11.6. The lowest BCUT2D eigenvalue weighted by molar-refractivity contribution is 0.400. The summed E-state index contributed by atoms with van der Waals surface area (Å²) in [5.74, 6) is 0.634. The molecule has 3 nitrogen and oxygen atoms in total. The topological polar surface area (TPSA) is 34.5 Å². The highest BCUT2D eigenvalue weighted by Crippen LogP contribution is 2.14. The van der Waals surface area contributed by atoms with Gasteiger partial charge < -0.3 is 4.74 Å². The molecular weight excluding hydrogens is 148 g/mol. The molecule has 0 fully saturated rings. The number of hydrogen-bond donors (Lipinski definition) is 0. The summed E-state index contributed by atoms with van der Waals surface area (Å²) in [5.41, 5.74) is 0. The Bertz CT molecular complexity index is 218. The van der Waals surface area contributed by atoms with Crippen molar-refractivity contribution in [1.82, 2.24) is 4.98 Å². The zero-order valence-electron chi connectivity index (χ0n) is 5.87. The molecule has 0 aliphatic rings. The highest BCUT2D eigenvalue weighted by Gasteiger charge is 1.91. The van der Waals surface area contributed by atoms with Crippen LogP contribution < -0.4 is 0 Å². The van der Waals surface area contributed by atoms with Crippen LogP contribution in [0.5, 0.6) is 0 Å². The van der Waals surface area contributed by atoms with E-state index < -0.39 is 0 Å². The van der Waals surface area contributed by atoms with Gasteiger partial charge in [0.1, 0.15) is 0 Å². The van der Waals surface area contributed by atoms with Gasteiger partial charge >= 0.3 is 0 Å². The maximum atomic E-state index is 4.84. The maximum absolute atomic E-state index is 4.84. The lowest BCUT2D eigenvalue weighted by Crippen LogP contribution is -1.91. The van der Waals surface area contributed by atoms with Crippen LogP contribution in [-0.2, 0) is 4.74 Å². The molecule has 0 bridgehead atoms. The van der Waals surface area contributed by atoms with Crippen LogP contribution in [0.15, 0.2) is 16.6 Å². The van der Waals surface area contributed by atoms with Crippen molar-refractivity contribution in [3.05, 3.63) is 11.6 Å². The SMILES string of the molecule is CO/C(C)=N/c1nccs1. The molecule has 1 aromatic heterocycles. The van der Waals surface area contributed by atoms with Gasteiger partial charge in [-0.05, 0) is 0 Å². The number of thiazole rings is 1. The molecule has 0 saturated heterocycles. The summed E-state index contributed by atoms with van der Waals surface area (Å²) in [6.45, 7) is 1.79. The Kier molecular flexibility index (Phi) is 2.39. The Labute approximate surface area is 63.4 Å². The number of methoxy groups -OCH3 is 1. The third kappa shape index (κ3) is 1.80. The second-order valence-corrected chi connectivity index (χ2v) is 2.52. The average Bonchev–Trinajstić information content (AvgIpc) is 2.40. The average molecular weight is 156 g/mol. The molecule has 0 amide bonds. The van der Waals surface area contributed by atoms with Gasteiger partial charge in [0, 0.05) is 18.5 Å². The molecule has 0 aromatic carbocycles. The molecule has 0 aliphatic heterocycles. The second kappa shape index (κ2) is 3.31. The molecule has 4 heteroatoms. The van der Waals surface area contributed by atoms with Crippen LogP contribution in [0, 0.1) is 0 Å². The van der Waals surface area contributed by atoms with E-state index in [1.165, 1.54) is 11.3 Å². The molecule has 54 valence electrons. The van der Waals surface area contributed by atoms with Gasteiger partial charge in [-0.1, -0.05) is 0 Å². The molecule has 0 radical (unpaired) electrons. The molecule has 0 spiro atoms.